The SMILES string of the molecule is C[C@@H]1CCN(C(=O)CC#N)C[C@@H]1N(C)c1cnc2n1N2. The number of fused-ring (bicyclic) bond motifs is 1. The van der Waals surface area contributed by atoms with E-state index >= 15 is 0 Å². The van der Waals surface area contributed by atoms with Gasteiger partial charge in [0.05, 0.1) is 18.3 Å². The lowest BCUT2D eigenvalue weighted by Crippen LogP contribution is -2.52. The van der Waals surface area contributed by atoms with Gasteiger partial charge in [-0.05, 0) is 12.3 Å². The van der Waals surface area contributed by atoms with Crippen molar-refractivity contribution in [3.8, 4) is 6.07 Å². The van der Waals surface area contributed by atoms with Crippen molar-refractivity contribution in [2.24, 2.45) is 5.92 Å². The van der Waals surface area contributed by atoms with Crippen LogP contribution in [0, 0.1) is 17.2 Å². The molecule has 2 aliphatic heterocycles. The summed E-state index contributed by atoms with van der Waals surface area (Å²) in [4.78, 5) is 20.1. The van der Waals surface area contributed by atoms with Gasteiger partial charge in [0, 0.05) is 20.1 Å². The van der Waals surface area contributed by atoms with Gasteiger partial charge in [-0.15, -0.1) is 0 Å². The molecule has 3 heterocycles. The van der Waals surface area contributed by atoms with Crippen molar-refractivity contribution in [3.63, 3.8) is 0 Å². The number of hydrogen-bond acceptors (Lipinski definition) is 5. The summed E-state index contributed by atoms with van der Waals surface area (Å²) in [7, 11) is 2.03. The van der Waals surface area contributed by atoms with E-state index in [-0.39, 0.29) is 18.4 Å². The summed E-state index contributed by atoms with van der Waals surface area (Å²) in [6.07, 6.45) is 2.77. The van der Waals surface area contributed by atoms with Gasteiger partial charge in [-0.3, -0.25) is 10.2 Å². The Bertz CT molecular complexity index is 574. The molecule has 0 aromatic carbocycles. The van der Waals surface area contributed by atoms with Crippen LogP contribution >= 0.6 is 0 Å². The van der Waals surface area contributed by atoms with Crippen molar-refractivity contribution in [1.82, 2.24) is 14.6 Å². The molecule has 0 spiro atoms. The highest BCUT2D eigenvalue weighted by Crippen LogP contribution is 2.31. The monoisotopic (exact) mass is 274 g/mol. The van der Waals surface area contributed by atoms with Gasteiger partial charge in [-0.2, -0.15) is 5.26 Å². The zero-order valence-electron chi connectivity index (χ0n) is 11.7. The molecule has 2 aliphatic rings. The van der Waals surface area contributed by atoms with Crippen LogP contribution in [-0.4, -0.2) is 46.6 Å². The Labute approximate surface area is 117 Å². The molecule has 7 nitrogen and oxygen atoms in total. The fraction of sp³-hybridized carbons (Fsp3) is 0.615. The number of likely N-dealkylation sites (N-methyl/N-ethyl adjacent to an activating group) is 1. The molecule has 1 aromatic rings. The summed E-state index contributed by atoms with van der Waals surface area (Å²) < 4.78 is 1.93. The van der Waals surface area contributed by atoms with Crippen LogP contribution in [0.15, 0.2) is 6.20 Å². The molecule has 106 valence electrons. The van der Waals surface area contributed by atoms with E-state index in [9.17, 15) is 4.79 Å². The van der Waals surface area contributed by atoms with Crippen LogP contribution in [-0.2, 0) is 4.79 Å². The Morgan fingerprint density at radius 3 is 3.10 bits per heavy atom. The number of likely N-dealkylation sites (tertiary alicyclic amines) is 1. The Morgan fingerprint density at radius 2 is 2.50 bits per heavy atom. The van der Waals surface area contributed by atoms with Gasteiger partial charge in [0.2, 0.25) is 11.9 Å². The maximum Gasteiger partial charge on any atom is 0.243 e. The number of aromatic nitrogens is 2. The molecule has 1 N–H and O–H groups in total. The third-order valence-corrected chi connectivity index (χ3v) is 4.27. The minimum atomic E-state index is -0.0695. The van der Waals surface area contributed by atoms with Crippen molar-refractivity contribution >= 4 is 17.7 Å². The molecular weight excluding hydrogens is 256 g/mol. The first-order valence-electron chi connectivity index (χ1n) is 6.84. The van der Waals surface area contributed by atoms with E-state index in [0.717, 1.165) is 24.7 Å². The van der Waals surface area contributed by atoms with Crippen molar-refractivity contribution < 1.29 is 4.79 Å². The fourth-order valence-electron chi connectivity index (χ4n) is 2.88. The number of anilines is 2. The molecule has 2 atom stereocenters. The van der Waals surface area contributed by atoms with Crippen LogP contribution in [0.4, 0.5) is 11.8 Å². The summed E-state index contributed by atoms with van der Waals surface area (Å²) in [5.41, 5.74) is 3.06. The molecule has 3 rings (SSSR count). The number of nitrogens with zero attached hydrogens (tertiary/aromatic N) is 5. The first-order chi connectivity index (χ1) is 9.61. The van der Waals surface area contributed by atoms with Gasteiger partial charge in [0.25, 0.3) is 0 Å². The maximum atomic E-state index is 11.9. The number of nitrogens with one attached hydrogen (secondary N) is 1. The number of piperidine rings is 1. The number of nitriles is 1. The predicted octanol–water partition coefficient (Wildman–Crippen LogP) is 0.659. The third-order valence-electron chi connectivity index (χ3n) is 4.27. The van der Waals surface area contributed by atoms with Gasteiger partial charge >= 0.3 is 0 Å². The molecule has 0 aliphatic carbocycles. The van der Waals surface area contributed by atoms with E-state index in [2.05, 4.69) is 22.2 Å². The number of carbonyl (C=O) groups excluding carboxylic acids is 1. The molecule has 20 heavy (non-hydrogen) atoms. The summed E-state index contributed by atoms with van der Waals surface area (Å²) in [6, 6.07) is 2.18. The lowest BCUT2D eigenvalue weighted by molar-refractivity contribution is -0.131. The lowest BCUT2D eigenvalue weighted by atomic mass is 9.92. The molecule has 0 radical (unpaired) electrons. The highest BCUT2D eigenvalue weighted by atomic mass is 16.2. The Morgan fingerprint density at radius 1 is 1.70 bits per heavy atom. The standard InChI is InChI=1S/C13H18N6O/c1-9-4-6-18(12(20)3-5-14)8-10(9)17(2)11-7-15-13-16-19(11)13/h7,9-10H,3-4,6,8H2,1-2H3,(H,15,16)/t9-,10+,19?/m1/s1. The van der Waals surface area contributed by atoms with Crippen LogP contribution < -0.4 is 10.3 Å². The summed E-state index contributed by atoms with van der Waals surface area (Å²) in [5.74, 6) is 2.33. The maximum absolute atomic E-state index is 11.9. The van der Waals surface area contributed by atoms with Crippen molar-refractivity contribution in [3.05, 3.63) is 6.20 Å². The first kappa shape index (κ1) is 12.8. The number of imidazole rings is 1. The highest BCUT2D eigenvalue weighted by molar-refractivity contribution is 5.78. The van der Waals surface area contributed by atoms with Crippen LogP contribution in [0.3, 0.4) is 0 Å². The topological polar surface area (TPSA) is 87.1 Å². The van der Waals surface area contributed by atoms with Crippen LogP contribution in [0.2, 0.25) is 0 Å². The van der Waals surface area contributed by atoms with Crippen molar-refractivity contribution in [2.75, 3.05) is 30.5 Å². The van der Waals surface area contributed by atoms with Crippen LogP contribution in [0.1, 0.15) is 19.8 Å². The molecular formula is C13H18N6O. The Hall–Kier alpha value is -2.23. The molecule has 1 fully saturated rings. The van der Waals surface area contributed by atoms with E-state index in [0.29, 0.717) is 12.5 Å². The third kappa shape index (κ3) is 2.07. The average molecular weight is 274 g/mol. The van der Waals surface area contributed by atoms with Gasteiger partial charge in [0.15, 0.2) is 5.82 Å². The second-order valence-corrected chi connectivity index (χ2v) is 5.51. The normalized spacial score (nSPS) is 23.6. The number of hydrogen-bond donors (Lipinski definition) is 1. The number of rotatable bonds is 3. The minimum Gasteiger partial charge on any atom is -0.353 e. The van der Waals surface area contributed by atoms with Crippen LogP contribution in [0.25, 0.3) is 0 Å². The molecule has 1 saturated heterocycles. The zero-order chi connectivity index (χ0) is 14.3. The predicted molar refractivity (Wildman–Crippen MR) is 74.0 cm³/mol. The van der Waals surface area contributed by atoms with Crippen molar-refractivity contribution in [2.45, 2.75) is 25.8 Å². The van der Waals surface area contributed by atoms with Crippen molar-refractivity contribution in [1.29, 1.82) is 5.26 Å². The summed E-state index contributed by atoms with van der Waals surface area (Å²) in [5, 5.41) is 8.66. The summed E-state index contributed by atoms with van der Waals surface area (Å²) >= 11 is 0. The number of amides is 1. The van der Waals surface area contributed by atoms with E-state index in [1.807, 2.05) is 24.0 Å². The largest absolute Gasteiger partial charge is 0.353 e. The smallest absolute Gasteiger partial charge is 0.243 e. The average Bonchev–Trinajstić information content (AvgIpc) is 3.10. The second-order valence-electron chi connectivity index (χ2n) is 5.51. The van der Waals surface area contributed by atoms with E-state index in [1.54, 1.807) is 4.90 Å². The van der Waals surface area contributed by atoms with Gasteiger partial charge < -0.3 is 9.80 Å². The van der Waals surface area contributed by atoms with E-state index < -0.39 is 0 Å². The quantitative estimate of drug-likeness (QED) is 0.831. The Balaban J connectivity index is 1.73. The van der Waals surface area contributed by atoms with Crippen LogP contribution in [0.5, 0.6) is 0 Å². The first-order valence-corrected chi connectivity index (χ1v) is 6.84. The highest BCUT2D eigenvalue weighted by Gasteiger charge is 2.34. The van der Waals surface area contributed by atoms with E-state index in [4.69, 9.17) is 5.26 Å². The second kappa shape index (κ2) is 4.71. The lowest BCUT2D eigenvalue weighted by Gasteiger charge is -2.41. The summed E-state index contributed by atoms with van der Waals surface area (Å²) in [6.45, 7) is 3.62. The molecule has 1 aromatic heterocycles. The zero-order valence-corrected chi connectivity index (χ0v) is 11.7. The Kier molecular flexibility index (Phi) is 3.01. The molecule has 0 unspecified atom stereocenters. The molecule has 0 bridgehead atoms. The van der Waals surface area contributed by atoms with Gasteiger partial charge in [0.1, 0.15) is 6.42 Å². The molecule has 1 amide bonds. The van der Waals surface area contributed by atoms with Gasteiger partial charge in [-0.25, -0.2) is 9.66 Å². The number of carbonyl (C=O) groups is 1. The van der Waals surface area contributed by atoms with E-state index in [1.165, 1.54) is 0 Å². The molecule has 0 saturated carbocycles. The fourth-order valence-corrected chi connectivity index (χ4v) is 2.88. The minimum absolute atomic E-state index is 0.0333. The van der Waals surface area contributed by atoms with Gasteiger partial charge in [-0.1, -0.05) is 6.92 Å². The molecule has 7 heteroatoms.